The molecule has 2 N–H and O–H groups in total. The van der Waals surface area contributed by atoms with Crippen molar-refractivity contribution in [1.29, 1.82) is 0 Å². The van der Waals surface area contributed by atoms with Crippen molar-refractivity contribution < 1.29 is 4.39 Å². The van der Waals surface area contributed by atoms with Crippen molar-refractivity contribution in [3.63, 3.8) is 0 Å². The number of hydrogen-bond donors (Lipinski definition) is 1. The summed E-state index contributed by atoms with van der Waals surface area (Å²) >= 11 is 6.22. The summed E-state index contributed by atoms with van der Waals surface area (Å²) in [6.45, 7) is 0.608. The van der Waals surface area contributed by atoms with Crippen molar-refractivity contribution in [3.8, 4) is 11.3 Å². The van der Waals surface area contributed by atoms with E-state index >= 15 is 0 Å². The fourth-order valence-electron chi connectivity index (χ4n) is 2.43. The van der Waals surface area contributed by atoms with Crippen LogP contribution in [0.1, 0.15) is 12.1 Å². The van der Waals surface area contributed by atoms with E-state index in [1.807, 2.05) is 22.7 Å². The number of pyridine rings is 1. The number of aromatic nitrogens is 2. The second-order valence-electron chi connectivity index (χ2n) is 4.86. The fraction of sp³-hybridized carbons (Fsp3) is 0.188. The van der Waals surface area contributed by atoms with Crippen molar-refractivity contribution in [2.24, 2.45) is 5.73 Å². The molecule has 3 nitrogen and oxygen atoms in total. The van der Waals surface area contributed by atoms with Crippen LogP contribution in [0.15, 0.2) is 42.6 Å². The van der Waals surface area contributed by atoms with Crippen molar-refractivity contribution in [3.05, 3.63) is 59.1 Å². The first-order valence-electron chi connectivity index (χ1n) is 6.82. The molecule has 0 spiro atoms. The topological polar surface area (TPSA) is 43.3 Å². The summed E-state index contributed by atoms with van der Waals surface area (Å²) in [4.78, 5) is 4.63. The number of imidazole rings is 1. The van der Waals surface area contributed by atoms with Gasteiger partial charge in [-0.2, -0.15) is 0 Å². The molecule has 0 radical (unpaired) electrons. The average Bonchev–Trinajstić information content (AvgIpc) is 2.86. The summed E-state index contributed by atoms with van der Waals surface area (Å²) in [5.74, 6) is -0.260. The van der Waals surface area contributed by atoms with Gasteiger partial charge in [0.05, 0.1) is 16.4 Å². The minimum Gasteiger partial charge on any atom is -0.330 e. The molecule has 2 heterocycles. The lowest BCUT2D eigenvalue weighted by Gasteiger charge is -2.05. The van der Waals surface area contributed by atoms with E-state index in [1.165, 1.54) is 12.1 Å². The molecule has 0 saturated heterocycles. The lowest BCUT2D eigenvalue weighted by Crippen LogP contribution is -2.03. The highest BCUT2D eigenvalue weighted by Gasteiger charge is 2.15. The molecule has 21 heavy (non-hydrogen) atoms. The molecule has 3 aromatic rings. The Morgan fingerprint density at radius 1 is 1.19 bits per heavy atom. The minimum atomic E-state index is -0.260. The zero-order chi connectivity index (χ0) is 14.8. The van der Waals surface area contributed by atoms with Gasteiger partial charge in [0.1, 0.15) is 5.82 Å². The fourth-order valence-corrected chi connectivity index (χ4v) is 2.64. The van der Waals surface area contributed by atoms with Gasteiger partial charge >= 0.3 is 0 Å². The first-order valence-corrected chi connectivity index (χ1v) is 7.20. The SMILES string of the molecule is NCCCc1c(-c2ccc(F)cc2)nc2c(Cl)cccn12. The molecule has 0 unspecified atom stereocenters. The van der Waals surface area contributed by atoms with E-state index in [0.29, 0.717) is 17.2 Å². The Balaban J connectivity index is 2.20. The molecule has 0 aliphatic rings. The summed E-state index contributed by atoms with van der Waals surface area (Å²) in [5, 5.41) is 0.597. The van der Waals surface area contributed by atoms with Gasteiger partial charge in [-0.25, -0.2) is 9.37 Å². The molecule has 0 fully saturated rings. The van der Waals surface area contributed by atoms with Gasteiger partial charge in [-0.15, -0.1) is 0 Å². The first kappa shape index (κ1) is 14.0. The molecule has 0 bridgehead atoms. The predicted molar refractivity (Wildman–Crippen MR) is 83.0 cm³/mol. The van der Waals surface area contributed by atoms with E-state index in [4.69, 9.17) is 17.3 Å². The molecule has 3 rings (SSSR count). The second-order valence-corrected chi connectivity index (χ2v) is 5.26. The number of hydrogen-bond acceptors (Lipinski definition) is 2. The van der Waals surface area contributed by atoms with E-state index < -0.39 is 0 Å². The molecule has 0 atom stereocenters. The van der Waals surface area contributed by atoms with Gasteiger partial charge < -0.3 is 10.1 Å². The Labute approximate surface area is 127 Å². The maximum atomic E-state index is 13.1. The Kier molecular flexibility index (Phi) is 3.90. The molecule has 0 aliphatic carbocycles. The molecule has 5 heteroatoms. The zero-order valence-electron chi connectivity index (χ0n) is 11.4. The number of rotatable bonds is 4. The second kappa shape index (κ2) is 5.84. The lowest BCUT2D eigenvalue weighted by atomic mass is 10.1. The summed E-state index contributed by atoms with van der Waals surface area (Å²) in [7, 11) is 0. The van der Waals surface area contributed by atoms with Gasteiger partial charge in [-0.3, -0.25) is 0 Å². The van der Waals surface area contributed by atoms with Gasteiger partial charge in [0.15, 0.2) is 5.65 Å². The number of nitrogens with two attached hydrogens (primary N) is 1. The number of nitrogens with zero attached hydrogens (tertiary/aromatic N) is 2. The van der Waals surface area contributed by atoms with Gasteiger partial charge in [0, 0.05) is 11.8 Å². The van der Waals surface area contributed by atoms with Gasteiger partial charge in [0.25, 0.3) is 0 Å². The highest BCUT2D eigenvalue weighted by Crippen LogP contribution is 2.28. The summed E-state index contributed by atoms with van der Waals surface area (Å²) in [6, 6.07) is 10.0. The number of benzene rings is 1. The van der Waals surface area contributed by atoms with Crippen molar-refractivity contribution in [2.45, 2.75) is 12.8 Å². The van der Waals surface area contributed by atoms with Crippen LogP contribution in [0.4, 0.5) is 4.39 Å². The van der Waals surface area contributed by atoms with Crippen molar-refractivity contribution in [1.82, 2.24) is 9.38 Å². The number of halogens is 2. The maximum Gasteiger partial charge on any atom is 0.156 e. The maximum absolute atomic E-state index is 13.1. The summed E-state index contributed by atoms with van der Waals surface area (Å²) in [5.41, 5.74) is 9.09. The van der Waals surface area contributed by atoms with E-state index in [9.17, 15) is 4.39 Å². The molecular weight excluding hydrogens is 289 g/mol. The summed E-state index contributed by atoms with van der Waals surface area (Å²) < 4.78 is 15.1. The van der Waals surface area contributed by atoms with Crippen LogP contribution in [0.3, 0.4) is 0 Å². The average molecular weight is 304 g/mol. The number of fused-ring (bicyclic) bond motifs is 1. The van der Waals surface area contributed by atoms with Gasteiger partial charge in [0.2, 0.25) is 0 Å². The molecule has 108 valence electrons. The van der Waals surface area contributed by atoms with Crippen LogP contribution in [-0.2, 0) is 6.42 Å². The Hall–Kier alpha value is -1.91. The third-order valence-corrected chi connectivity index (χ3v) is 3.73. The van der Waals surface area contributed by atoms with E-state index in [1.54, 1.807) is 12.1 Å². The van der Waals surface area contributed by atoms with Crippen LogP contribution in [-0.4, -0.2) is 15.9 Å². The monoisotopic (exact) mass is 303 g/mol. The lowest BCUT2D eigenvalue weighted by molar-refractivity contribution is 0.628. The third kappa shape index (κ3) is 2.64. The number of aryl methyl sites for hydroxylation is 1. The summed E-state index contributed by atoms with van der Waals surface area (Å²) in [6.07, 6.45) is 3.59. The highest BCUT2D eigenvalue weighted by molar-refractivity contribution is 6.33. The molecule has 1 aromatic carbocycles. The zero-order valence-corrected chi connectivity index (χ0v) is 12.1. The first-order chi connectivity index (χ1) is 10.2. The molecule has 0 saturated carbocycles. The van der Waals surface area contributed by atoms with E-state index in [0.717, 1.165) is 29.8 Å². The Morgan fingerprint density at radius 3 is 2.67 bits per heavy atom. The van der Waals surface area contributed by atoms with Crippen molar-refractivity contribution >= 4 is 17.2 Å². The largest absolute Gasteiger partial charge is 0.330 e. The molecule has 0 amide bonds. The van der Waals surface area contributed by atoms with E-state index in [-0.39, 0.29) is 5.82 Å². The standard InChI is InChI=1S/C16H15ClFN3/c17-13-3-2-10-21-14(4-1-9-19)15(20-16(13)21)11-5-7-12(18)8-6-11/h2-3,5-8,10H,1,4,9,19H2. The van der Waals surface area contributed by atoms with Gasteiger partial charge in [-0.1, -0.05) is 11.6 Å². The van der Waals surface area contributed by atoms with Gasteiger partial charge in [-0.05, 0) is 55.8 Å². The Morgan fingerprint density at radius 2 is 1.95 bits per heavy atom. The van der Waals surface area contributed by atoms with Crippen LogP contribution >= 0.6 is 11.6 Å². The normalized spacial score (nSPS) is 11.2. The molecule has 2 aromatic heterocycles. The highest BCUT2D eigenvalue weighted by atomic mass is 35.5. The van der Waals surface area contributed by atoms with E-state index in [2.05, 4.69) is 4.98 Å². The van der Waals surface area contributed by atoms with Crippen LogP contribution in [0, 0.1) is 5.82 Å². The van der Waals surface area contributed by atoms with Crippen molar-refractivity contribution in [2.75, 3.05) is 6.54 Å². The molecule has 0 aliphatic heterocycles. The van der Waals surface area contributed by atoms with Crippen LogP contribution in [0.2, 0.25) is 5.02 Å². The smallest absolute Gasteiger partial charge is 0.156 e. The van der Waals surface area contributed by atoms with Crippen LogP contribution < -0.4 is 5.73 Å². The van der Waals surface area contributed by atoms with Crippen LogP contribution in [0.25, 0.3) is 16.9 Å². The van der Waals surface area contributed by atoms with Crippen LogP contribution in [0.5, 0.6) is 0 Å². The third-order valence-electron chi connectivity index (χ3n) is 3.44. The Bertz CT molecular complexity index is 765. The molecular formula is C16H15ClFN3. The quantitative estimate of drug-likeness (QED) is 0.799. The predicted octanol–water partition coefficient (Wildman–Crippen LogP) is 3.69. The minimum absolute atomic E-state index is 0.260.